The third-order valence-electron chi connectivity index (χ3n) is 3.18. The van der Waals surface area contributed by atoms with E-state index in [1.54, 1.807) is 11.3 Å². The fraction of sp³-hybridized carbons (Fsp3) is 0.667. The van der Waals surface area contributed by atoms with Crippen LogP contribution < -0.4 is 5.73 Å². The minimum Gasteiger partial charge on any atom is -0.329 e. The Hall–Kier alpha value is 0.100. The Labute approximate surface area is 111 Å². The maximum atomic E-state index is 5.93. The molecule has 0 aliphatic heterocycles. The highest BCUT2D eigenvalue weighted by atomic mass is 79.9. The quantitative estimate of drug-likeness (QED) is 0.869. The minimum atomic E-state index is 0.333. The predicted octanol–water partition coefficient (Wildman–Crippen LogP) is 3.63. The molecular formula is C12H21BrN2S. The molecule has 1 heterocycles. The van der Waals surface area contributed by atoms with Crippen LogP contribution in [-0.4, -0.2) is 24.5 Å². The lowest BCUT2D eigenvalue weighted by Gasteiger charge is -2.33. The summed E-state index contributed by atoms with van der Waals surface area (Å²) < 4.78 is 1.19. The Morgan fingerprint density at radius 3 is 2.44 bits per heavy atom. The smallest absolute Gasteiger partial charge is 0.0575 e. The van der Waals surface area contributed by atoms with Crippen molar-refractivity contribution in [3.05, 3.63) is 20.8 Å². The highest BCUT2D eigenvalue weighted by Gasteiger charge is 2.23. The summed E-state index contributed by atoms with van der Waals surface area (Å²) in [4.78, 5) is 3.76. The molecule has 1 rings (SSSR count). The van der Waals surface area contributed by atoms with Crippen molar-refractivity contribution in [3.8, 4) is 0 Å². The van der Waals surface area contributed by atoms with Gasteiger partial charge in [0.1, 0.15) is 0 Å². The molecule has 1 unspecified atom stereocenters. The fourth-order valence-corrected chi connectivity index (χ4v) is 3.92. The zero-order valence-electron chi connectivity index (χ0n) is 10.2. The van der Waals surface area contributed by atoms with Gasteiger partial charge >= 0.3 is 0 Å². The van der Waals surface area contributed by atoms with E-state index < -0.39 is 0 Å². The molecule has 0 saturated carbocycles. The molecule has 16 heavy (non-hydrogen) atoms. The molecule has 4 heteroatoms. The van der Waals surface area contributed by atoms with Gasteiger partial charge in [0.15, 0.2) is 0 Å². The SMILES string of the molecule is CCC(CC)N(C)C(CN)c1sccc1Br. The molecule has 0 aliphatic rings. The number of thiophene rings is 1. The molecule has 0 amide bonds. The van der Waals surface area contributed by atoms with Crippen molar-refractivity contribution >= 4 is 27.3 Å². The van der Waals surface area contributed by atoms with Crippen molar-refractivity contribution in [1.82, 2.24) is 4.90 Å². The number of hydrogen-bond donors (Lipinski definition) is 1. The third kappa shape index (κ3) is 3.06. The topological polar surface area (TPSA) is 29.3 Å². The largest absolute Gasteiger partial charge is 0.329 e. The van der Waals surface area contributed by atoms with Crippen LogP contribution in [0.15, 0.2) is 15.9 Å². The van der Waals surface area contributed by atoms with Gasteiger partial charge in [0.05, 0.1) is 6.04 Å². The number of halogens is 1. The first kappa shape index (κ1) is 14.2. The van der Waals surface area contributed by atoms with E-state index in [-0.39, 0.29) is 0 Å². The van der Waals surface area contributed by atoms with Crippen molar-refractivity contribution in [2.75, 3.05) is 13.6 Å². The minimum absolute atomic E-state index is 0.333. The Bertz CT molecular complexity index is 310. The molecule has 0 bridgehead atoms. The molecule has 2 N–H and O–H groups in total. The third-order valence-corrected chi connectivity index (χ3v) is 5.15. The summed E-state index contributed by atoms with van der Waals surface area (Å²) in [5.41, 5.74) is 5.93. The lowest BCUT2D eigenvalue weighted by atomic mass is 10.1. The summed E-state index contributed by atoms with van der Waals surface area (Å²) in [6.45, 7) is 5.15. The Balaban J connectivity index is 2.86. The lowest BCUT2D eigenvalue weighted by Crippen LogP contribution is -2.37. The first-order valence-corrected chi connectivity index (χ1v) is 7.47. The fourth-order valence-electron chi connectivity index (χ4n) is 2.12. The molecule has 1 aromatic heterocycles. The zero-order valence-corrected chi connectivity index (χ0v) is 12.6. The highest BCUT2D eigenvalue weighted by Crippen LogP contribution is 2.33. The monoisotopic (exact) mass is 304 g/mol. The standard InChI is InChI=1S/C12H21BrN2S/c1-4-9(5-2)15(3)11(8-14)12-10(13)6-7-16-12/h6-7,9,11H,4-5,8,14H2,1-3H3. The zero-order chi connectivity index (χ0) is 12.1. The molecule has 0 aromatic carbocycles. The van der Waals surface area contributed by atoms with Crippen LogP contribution in [0.5, 0.6) is 0 Å². The highest BCUT2D eigenvalue weighted by molar-refractivity contribution is 9.10. The molecular weight excluding hydrogens is 284 g/mol. The first-order valence-electron chi connectivity index (χ1n) is 5.80. The number of nitrogens with two attached hydrogens (primary N) is 1. The summed E-state index contributed by atoms with van der Waals surface area (Å²) in [5, 5.41) is 2.11. The summed E-state index contributed by atoms with van der Waals surface area (Å²) in [7, 11) is 2.18. The molecule has 1 aromatic rings. The van der Waals surface area contributed by atoms with E-state index in [0.717, 1.165) is 0 Å². The van der Waals surface area contributed by atoms with Crippen LogP contribution in [0.4, 0.5) is 0 Å². The van der Waals surface area contributed by atoms with Gasteiger partial charge in [-0.3, -0.25) is 4.90 Å². The predicted molar refractivity (Wildman–Crippen MR) is 75.9 cm³/mol. The average molecular weight is 305 g/mol. The van der Waals surface area contributed by atoms with E-state index in [2.05, 4.69) is 53.2 Å². The van der Waals surface area contributed by atoms with E-state index in [1.807, 2.05) is 0 Å². The van der Waals surface area contributed by atoms with Crippen molar-refractivity contribution < 1.29 is 0 Å². The second-order valence-electron chi connectivity index (χ2n) is 4.02. The summed E-state index contributed by atoms with van der Waals surface area (Å²) in [6, 6.07) is 3.05. The van der Waals surface area contributed by atoms with Crippen LogP contribution in [-0.2, 0) is 0 Å². The van der Waals surface area contributed by atoms with Gasteiger partial charge in [-0.1, -0.05) is 13.8 Å². The maximum Gasteiger partial charge on any atom is 0.0575 e. The van der Waals surface area contributed by atoms with Gasteiger partial charge in [0, 0.05) is 21.9 Å². The second-order valence-corrected chi connectivity index (χ2v) is 5.82. The normalized spacial score (nSPS) is 13.7. The van der Waals surface area contributed by atoms with Crippen LogP contribution in [0, 0.1) is 0 Å². The van der Waals surface area contributed by atoms with Crippen molar-refractivity contribution in [1.29, 1.82) is 0 Å². The van der Waals surface area contributed by atoms with Crippen molar-refractivity contribution in [3.63, 3.8) is 0 Å². The van der Waals surface area contributed by atoms with Gasteiger partial charge in [-0.25, -0.2) is 0 Å². The van der Waals surface area contributed by atoms with Gasteiger partial charge in [-0.15, -0.1) is 11.3 Å². The lowest BCUT2D eigenvalue weighted by molar-refractivity contribution is 0.169. The number of likely N-dealkylation sites (N-methyl/N-ethyl adjacent to an activating group) is 1. The molecule has 0 radical (unpaired) electrons. The molecule has 2 nitrogen and oxygen atoms in total. The van der Waals surface area contributed by atoms with Crippen LogP contribution in [0.1, 0.15) is 37.6 Å². The van der Waals surface area contributed by atoms with E-state index in [9.17, 15) is 0 Å². The van der Waals surface area contributed by atoms with Crippen molar-refractivity contribution in [2.45, 2.75) is 38.8 Å². The summed E-state index contributed by atoms with van der Waals surface area (Å²) in [6.07, 6.45) is 2.35. The van der Waals surface area contributed by atoms with E-state index in [4.69, 9.17) is 5.73 Å². The number of hydrogen-bond acceptors (Lipinski definition) is 3. The van der Waals surface area contributed by atoms with Crippen LogP contribution in [0.25, 0.3) is 0 Å². The van der Waals surface area contributed by atoms with Gasteiger partial charge in [0.2, 0.25) is 0 Å². The first-order chi connectivity index (χ1) is 7.65. The molecule has 0 spiro atoms. The van der Waals surface area contributed by atoms with E-state index in [0.29, 0.717) is 18.6 Å². The van der Waals surface area contributed by atoms with Crippen LogP contribution in [0.3, 0.4) is 0 Å². The van der Waals surface area contributed by atoms with E-state index >= 15 is 0 Å². The Morgan fingerprint density at radius 2 is 2.06 bits per heavy atom. The van der Waals surface area contributed by atoms with Gasteiger partial charge in [0.25, 0.3) is 0 Å². The summed E-state index contributed by atoms with van der Waals surface area (Å²) in [5.74, 6) is 0. The molecule has 0 saturated heterocycles. The molecule has 92 valence electrons. The number of rotatable bonds is 6. The van der Waals surface area contributed by atoms with Gasteiger partial charge in [-0.2, -0.15) is 0 Å². The van der Waals surface area contributed by atoms with Crippen LogP contribution >= 0.6 is 27.3 Å². The summed E-state index contributed by atoms with van der Waals surface area (Å²) >= 11 is 5.38. The molecule has 1 atom stereocenters. The molecule has 0 fully saturated rings. The maximum absolute atomic E-state index is 5.93. The number of nitrogens with zero attached hydrogens (tertiary/aromatic N) is 1. The molecule has 0 aliphatic carbocycles. The van der Waals surface area contributed by atoms with Gasteiger partial charge in [-0.05, 0) is 47.3 Å². The van der Waals surface area contributed by atoms with Crippen LogP contribution in [0.2, 0.25) is 0 Å². The Kier molecular flexibility index (Phi) is 5.97. The van der Waals surface area contributed by atoms with E-state index in [1.165, 1.54) is 22.2 Å². The van der Waals surface area contributed by atoms with Gasteiger partial charge < -0.3 is 5.73 Å². The second kappa shape index (κ2) is 6.74. The average Bonchev–Trinajstić information content (AvgIpc) is 2.68. The van der Waals surface area contributed by atoms with Crippen molar-refractivity contribution in [2.24, 2.45) is 5.73 Å². The Morgan fingerprint density at radius 1 is 1.44 bits per heavy atom.